The van der Waals surface area contributed by atoms with Gasteiger partial charge in [-0.1, -0.05) is 0 Å². The highest BCUT2D eigenvalue weighted by Gasteiger charge is 2.06. The molecular weight excluding hydrogens is 170 g/mol. The lowest BCUT2D eigenvalue weighted by Crippen LogP contribution is -2.21. The van der Waals surface area contributed by atoms with Crippen molar-refractivity contribution in [1.82, 2.24) is 9.97 Å². The van der Waals surface area contributed by atoms with Gasteiger partial charge in [-0.25, -0.2) is 4.79 Å². The van der Waals surface area contributed by atoms with Crippen molar-refractivity contribution in [1.29, 1.82) is 0 Å². The van der Waals surface area contributed by atoms with Crippen molar-refractivity contribution in [3.63, 3.8) is 0 Å². The van der Waals surface area contributed by atoms with Gasteiger partial charge >= 0.3 is 5.69 Å². The van der Waals surface area contributed by atoms with Crippen LogP contribution >= 0.6 is 0 Å². The fourth-order valence-corrected chi connectivity index (χ4v) is 0.883. The molecule has 13 heavy (non-hydrogen) atoms. The van der Waals surface area contributed by atoms with E-state index in [4.69, 9.17) is 11.5 Å². The monoisotopic (exact) mass is 183 g/mol. The molecule has 6 N–H and O–H groups in total. The number of hydrogen-bond acceptors (Lipinski definition) is 5. The predicted octanol–water partition coefficient (Wildman–Crippen LogP) is -0.245. The molecular formula is C7H13N5O. The van der Waals surface area contributed by atoms with Gasteiger partial charge in [0.15, 0.2) is 5.82 Å². The first-order valence-corrected chi connectivity index (χ1v) is 3.92. The molecule has 1 heterocycles. The van der Waals surface area contributed by atoms with E-state index in [-0.39, 0.29) is 17.5 Å². The highest BCUT2D eigenvalue weighted by molar-refractivity contribution is 5.72. The first-order valence-electron chi connectivity index (χ1n) is 3.92. The van der Waals surface area contributed by atoms with Gasteiger partial charge in [0, 0.05) is 6.04 Å². The Kier molecular flexibility index (Phi) is 2.41. The third kappa shape index (κ3) is 2.11. The maximum Gasteiger partial charge on any atom is 0.348 e. The Balaban J connectivity index is 3.13. The van der Waals surface area contributed by atoms with E-state index in [0.717, 1.165) is 0 Å². The topological polar surface area (TPSA) is 110 Å². The molecule has 0 spiro atoms. The lowest BCUT2D eigenvalue weighted by Gasteiger charge is -2.11. The third-order valence-corrected chi connectivity index (χ3v) is 1.43. The molecule has 1 rings (SSSR count). The van der Waals surface area contributed by atoms with Gasteiger partial charge in [0.2, 0.25) is 0 Å². The number of nitrogens with one attached hydrogen (secondary N) is 2. The summed E-state index contributed by atoms with van der Waals surface area (Å²) in [6.07, 6.45) is 0. The molecule has 0 radical (unpaired) electrons. The predicted molar refractivity (Wildman–Crippen MR) is 52.4 cm³/mol. The van der Waals surface area contributed by atoms with Gasteiger partial charge < -0.3 is 16.8 Å². The summed E-state index contributed by atoms with van der Waals surface area (Å²) in [4.78, 5) is 16.8. The maximum absolute atomic E-state index is 10.9. The molecule has 0 aliphatic carbocycles. The first kappa shape index (κ1) is 9.37. The van der Waals surface area contributed by atoms with Gasteiger partial charge in [-0.3, -0.25) is 4.98 Å². The maximum atomic E-state index is 10.9. The van der Waals surface area contributed by atoms with Gasteiger partial charge in [0.25, 0.3) is 0 Å². The smallest absolute Gasteiger partial charge is 0.348 e. The zero-order chi connectivity index (χ0) is 10.0. The summed E-state index contributed by atoms with van der Waals surface area (Å²) in [5.74, 6) is 0.472. The zero-order valence-corrected chi connectivity index (χ0v) is 7.59. The van der Waals surface area contributed by atoms with Crippen LogP contribution in [0, 0.1) is 0 Å². The molecule has 0 unspecified atom stereocenters. The number of aromatic nitrogens is 2. The number of anilines is 3. The van der Waals surface area contributed by atoms with Gasteiger partial charge in [-0.2, -0.15) is 4.98 Å². The number of nitrogens with zero attached hydrogens (tertiary/aromatic N) is 1. The molecule has 6 heteroatoms. The minimum absolute atomic E-state index is 0.142. The fraction of sp³-hybridized carbons (Fsp3) is 0.429. The number of H-pyrrole nitrogens is 1. The summed E-state index contributed by atoms with van der Waals surface area (Å²) in [7, 11) is 0. The van der Waals surface area contributed by atoms with Crippen molar-refractivity contribution in [2.75, 3.05) is 16.8 Å². The number of nitrogens with two attached hydrogens (primary N) is 2. The summed E-state index contributed by atoms with van der Waals surface area (Å²) >= 11 is 0. The average Bonchev–Trinajstić information content (AvgIpc) is 1.98. The van der Waals surface area contributed by atoms with E-state index >= 15 is 0 Å². The highest BCUT2D eigenvalue weighted by Crippen LogP contribution is 2.18. The number of nitrogen functional groups attached to an aromatic ring is 2. The van der Waals surface area contributed by atoms with E-state index in [9.17, 15) is 4.79 Å². The molecule has 0 aliphatic heterocycles. The number of hydrogen-bond donors (Lipinski definition) is 4. The van der Waals surface area contributed by atoms with Crippen molar-refractivity contribution in [2.24, 2.45) is 0 Å². The van der Waals surface area contributed by atoms with Crippen LogP contribution in [0.25, 0.3) is 0 Å². The number of rotatable bonds is 2. The molecule has 0 bridgehead atoms. The van der Waals surface area contributed by atoms with Crippen molar-refractivity contribution >= 4 is 17.3 Å². The van der Waals surface area contributed by atoms with Gasteiger partial charge in [0.05, 0.1) is 0 Å². The van der Waals surface area contributed by atoms with E-state index in [0.29, 0.717) is 5.82 Å². The van der Waals surface area contributed by atoms with E-state index in [2.05, 4.69) is 15.3 Å². The van der Waals surface area contributed by atoms with Crippen LogP contribution in [0.3, 0.4) is 0 Å². The summed E-state index contributed by atoms with van der Waals surface area (Å²) < 4.78 is 0. The molecule has 1 aromatic heterocycles. The molecule has 0 amide bonds. The molecule has 0 atom stereocenters. The second-order valence-corrected chi connectivity index (χ2v) is 3.02. The largest absolute Gasteiger partial charge is 0.393 e. The Labute approximate surface area is 75.4 Å². The normalized spacial score (nSPS) is 10.4. The number of aromatic amines is 1. The summed E-state index contributed by atoms with van der Waals surface area (Å²) in [6.45, 7) is 3.83. The zero-order valence-electron chi connectivity index (χ0n) is 7.59. The molecule has 0 saturated heterocycles. The summed E-state index contributed by atoms with van der Waals surface area (Å²) in [5, 5.41) is 2.92. The highest BCUT2D eigenvalue weighted by atomic mass is 16.1. The van der Waals surface area contributed by atoms with Crippen molar-refractivity contribution in [3.05, 3.63) is 10.5 Å². The Morgan fingerprint density at radius 3 is 2.62 bits per heavy atom. The van der Waals surface area contributed by atoms with Crippen molar-refractivity contribution in [2.45, 2.75) is 19.9 Å². The van der Waals surface area contributed by atoms with Crippen LogP contribution in [-0.2, 0) is 0 Å². The Morgan fingerprint density at radius 1 is 1.46 bits per heavy atom. The lowest BCUT2D eigenvalue weighted by molar-refractivity contribution is 0.883. The van der Waals surface area contributed by atoms with Gasteiger partial charge in [-0.05, 0) is 13.8 Å². The van der Waals surface area contributed by atoms with Crippen LogP contribution in [0.2, 0.25) is 0 Å². The molecule has 72 valence electrons. The van der Waals surface area contributed by atoms with Crippen LogP contribution in [0.4, 0.5) is 17.3 Å². The summed E-state index contributed by atoms with van der Waals surface area (Å²) in [6, 6.07) is 0.149. The van der Waals surface area contributed by atoms with Crippen LogP contribution in [0.15, 0.2) is 4.79 Å². The minimum atomic E-state index is -0.505. The SMILES string of the molecule is CC(C)Nc1nc(=O)[nH]c(N)c1N. The standard InChI is InChI=1S/C7H13N5O/c1-3(2)10-6-4(8)5(9)11-7(13)12-6/h3H,8H2,1-2H3,(H4,9,10,11,12,13). The molecule has 0 saturated carbocycles. The Morgan fingerprint density at radius 2 is 2.08 bits per heavy atom. The van der Waals surface area contributed by atoms with E-state index in [1.807, 2.05) is 13.8 Å². The average molecular weight is 183 g/mol. The fourth-order valence-electron chi connectivity index (χ4n) is 0.883. The van der Waals surface area contributed by atoms with E-state index in [1.54, 1.807) is 0 Å². The Hall–Kier alpha value is -1.72. The second kappa shape index (κ2) is 3.34. The quantitative estimate of drug-likeness (QED) is 0.505. The summed E-state index contributed by atoms with van der Waals surface area (Å²) in [5.41, 5.74) is 10.8. The van der Waals surface area contributed by atoms with Crippen LogP contribution in [-0.4, -0.2) is 16.0 Å². The van der Waals surface area contributed by atoms with Crippen molar-refractivity contribution in [3.8, 4) is 0 Å². The molecule has 6 nitrogen and oxygen atoms in total. The first-order chi connectivity index (χ1) is 6.00. The molecule has 0 fully saturated rings. The van der Waals surface area contributed by atoms with Crippen LogP contribution in [0.5, 0.6) is 0 Å². The third-order valence-electron chi connectivity index (χ3n) is 1.43. The van der Waals surface area contributed by atoms with E-state index < -0.39 is 5.69 Å². The van der Waals surface area contributed by atoms with Crippen LogP contribution in [0.1, 0.15) is 13.8 Å². The van der Waals surface area contributed by atoms with Crippen LogP contribution < -0.4 is 22.5 Å². The molecule has 0 aliphatic rings. The molecule has 1 aromatic rings. The molecule has 0 aromatic carbocycles. The minimum Gasteiger partial charge on any atom is -0.393 e. The van der Waals surface area contributed by atoms with Gasteiger partial charge in [-0.15, -0.1) is 0 Å². The van der Waals surface area contributed by atoms with E-state index in [1.165, 1.54) is 0 Å². The van der Waals surface area contributed by atoms with Crippen molar-refractivity contribution < 1.29 is 0 Å². The van der Waals surface area contributed by atoms with Gasteiger partial charge in [0.1, 0.15) is 11.5 Å². The lowest BCUT2D eigenvalue weighted by atomic mass is 10.3. The second-order valence-electron chi connectivity index (χ2n) is 3.02. The Bertz CT molecular complexity index is 356.